The summed E-state index contributed by atoms with van der Waals surface area (Å²) in [5.74, 6) is -1.09. The van der Waals surface area contributed by atoms with Crippen molar-refractivity contribution >= 4 is 0 Å². The van der Waals surface area contributed by atoms with Crippen LogP contribution in [0.3, 0.4) is 0 Å². The van der Waals surface area contributed by atoms with Gasteiger partial charge in [0.2, 0.25) is 0 Å². The van der Waals surface area contributed by atoms with E-state index < -0.39 is 12.1 Å². The van der Waals surface area contributed by atoms with E-state index in [-0.39, 0.29) is 18.9 Å². The second-order valence-electron chi connectivity index (χ2n) is 3.25. The van der Waals surface area contributed by atoms with Gasteiger partial charge in [-0.05, 0) is 25.7 Å². The smallest absolute Gasteiger partial charge is 0.381 e. The van der Waals surface area contributed by atoms with Gasteiger partial charge in [0.25, 0.3) is 0 Å². The largest absolute Gasteiger partial charge is 0.391 e. The molecule has 0 unspecified atom stereocenters. The molecule has 0 aliphatic heterocycles. The zero-order valence-corrected chi connectivity index (χ0v) is 7.03. The first kappa shape index (κ1) is 9.84. The fourth-order valence-electron chi connectivity index (χ4n) is 1.63. The molecule has 0 bridgehead atoms. The van der Waals surface area contributed by atoms with E-state index in [2.05, 4.69) is 0 Å². The van der Waals surface area contributed by atoms with Crippen molar-refractivity contribution in [2.24, 2.45) is 5.92 Å². The monoisotopic (exact) mass is 182 g/mol. The average molecular weight is 182 g/mol. The lowest BCUT2D eigenvalue weighted by Crippen LogP contribution is -2.30. The van der Waals surface area contributed by atoms with Crippen molar-refractivity contribution in [1.82, 2.24) is 0 Å². The normalized spacial score (nSPS) is 32.0. The minimum Gasteiger partial charge on any atom is -0.381 e. The summed E-state index contributed by atoms with van der Waals surface area (Å²) in [6.45, 7) is 0. The molecule has 0 heterocycles. The minimum atomic E-state index is -4.00. The van der Waals surface area contributed by atoms with Crippen LogP contribution in [0.25, 0.3) is 0 Å². The Balaban J connectivity index is 2.36. The summed E-state index contributed by atoms with van der Waals surface area (Å²) >= 11 is 0. The van der Waals surface area contributed by atoms with Gasteiger partial charge in [-0.3, -0.25) is 0 Å². The molecule has 72 valence electrons. The summed E-state index contributed by atoms with van der Waals surface area (Å²) in [4.78, 5) is 0. The van der Waals surface area contributed by atoms with Crippen LogP contribution in [0.15, 0.2) is 0 Å². The maximum Gasteiger partial charge on any atom is 0.391 e. The first-order valence-electron chi connectivity index (χ1n) is 4.13. The van der Waals surface area contributed by atoms with E-state index in [9.17, 15) is 13.2 Å². The van der Waals surface area contributed by atoms with Gasteiger partial charge in [-0.2, -0.15) is 13.2 Å². The van der Waals surface area contributed by atoms with E-state index in [1.54, 1.807) is 7.11 Å². The maximum absolute atomic E-state index is 12.1. The molecule has 0 aromatic heterocycles. The van der Waals surface area contributed by atoms with Crippen LogP contribution in [0.5, 0.6) is 0 Å². The Morgan fingerprint density at radius 2 is 1.58 bits per heavy atom. The quantitative estimate of drug-likeness (QED) is 0.605. The van der Waals surface area contributed by atoms with Gasteiger partial charge in [0, 0.05) is 7.11 Å². The molecule has 0 atom stereocenters. The van der Waals surface area contributed by atoms with Gasteiger partial charge < -0.3 is 4.74 Å². The fourth-order valence-corrected chi connectivity index (χ4v) is 1.63. The van der Waals surface area contributed by atoms with Crippen LogP contribution >= 0.6 is 0 Å². The maximum atomic E-state index is 12.1. The van der Waals surface area contributed by atoms with Crippen molar-refractivity contribution < 1.29 is 17.9 Å². The van der Waals surface area contributed by atoms with Gasteiger partial charge in [-0.25, -0.2) is 0 Å². The molecule has 0 saturated heterocycles. The van der Waals surface area contributed by atoms with Crippen LogP contribution < -0.4 is 0 Å². The van der Waals surface area contributed by atoms with E-state index in [1.165, 1.54) is 0 Å². The molecule has 1 saturated carbocycles. The van der Waals surface area contributed by atoms with Crippen LogP contribution in [0.2, 0.25) is 0 Å². The second-order valence-corrected chi connectivity index (χ2v) is 3.25. The molecule has 0 aromatic carbocycles. The van der Waals surface area contributed by atoms with Gasteiger partial charge in [0.15, 0.2) is 0 Å². The summed E-state index contributed by atoms with van der Waals surface area (Å²) in [6, 6.07) is 0. The van der Waals surface area contributed by atoms with Crippen LogP contribution in [0.4, 0.5) is 13.2 Å². The molecule has 1 rings (SSSR count). The summed E-state index contributed by atoms with van der Waals surface area (Å²) in [5, 5.41) is 0. The topological polar surface area (TPSA) is 9.23 Å². The Kier molecular flexibility index (Phi) is 2.99. The lowest BCUT2D eigenvalue weighted by atomic mass is 9.87. The van der Waals surface area contributed by atoms with Crippen molar-refractivity contribution in [2.75, 3.05) is 7.11 Å². The van der Waals surface area contributed by atoms with Crippen LogP contribution in [0.1, 0.15) is 25.7 Å². The third-order valence-electron chi connectivity index (χ3n) is 2.47. The highest BCUT2D eigenvalue weighted by molar-refractivity contribution is 4.76. The number of methoxy groups -OCH3 is 1. The van der Waals surface area contributed by atoms with E-state index in [1.807, 2.05) is 0 Å². The second kappa shape index (κ2) is 3.64. The van der Waals surface area contributed by atoms with E-state index in [0.29, 0.717) is 12.8 Å². The van der Waals surface area contributed by atoms with Crippen molar-refractivity contribution in [1.29, 1.82) is 0 Å². The third kappa shape index (κ3) is 2.37. The van der Waals surface area contributed by atoms with Crippen LogP contribution in [0, 0.1) is 5.92 Å². The van der Waals surface area contributed by atoms with Crippen LogP contribution in [-0.4, -0.2) is 19.4 Å². The molecular weight excluding hydrogens is 169 g/mol. The zero-order valence-electron chi connectivity index (χ0n) is 7.03. The average Bonchev–Trinajstić information content (AvgIpc) is 2.03. The van der Waals surface area contributed by atoms with Crippen molar-refractivity contribution in [3.8, 4) is 0 Å². The van der Waals surface area contributed by atoms with Gasteiger partial charge in [-0.15, -0.1) is 0 Å². The highest BCUT2D eigenvalue weighted by Crippen LogP contribution is 2.37. The number of rotatable bonds is 1. The highest BCUT2D eigenvalue weighted by atomic mass is 19.4. The minimum absolute atomic E-state index is 0.0450. The molecule has 1 fully saturated rings. The van der Waals surface area contributed by atoms with Crippen molar-refractivity contribution in [3.63, 3.8) is 0 Å². The molecule has 0 aromatic rings. The van der Waals surface area contributed by atoms with Gasteiger partial charge >= 0.3 is 6.18 Å². The predicted octanol–water partition coefficient (Wildman–Crippen LogP) is 2.75. The number of ether oxygens (including phenoxy) is 1. The zero-order chi connectivity index (χ0) is 9.19. The molecule has 0 N–H and O–H groups in total. The summed E-state index contributed by atoms with van der Waals surface area (Å²) in [5.41, 5.74) is 0. The Hall–Kier alpha value is -0.250. The standard InChI is InChI=1S/C8H13F3O/c1-12-7-4-2-6(3-5-7)8(9,10)11/h6-7H,2-5H2,1H3/t6-,7-. The van der Waals surface area contributed by atoms with E-state index in [0.717, 1.165) is 0 Å². The molecule has 1 nitrogen and oxygen atoms in total. The Morgan fingerprint density at radius 1 is 1.08 bits per heavy atom. The number of hydrogen-bond acceptors (Lipinski definition) is 1. The molecule has 1 aliphatic rings. The molecule has 0 radical (unpaired) electrons. The lowest BCUT2D eigenvalue weighted by molar-refractivity contribution is -0.186. The lowest BCUT2D eigenvalue weighted by Gasteiger charge is -2.28. The molecule has 0 spiro atoms. The Morgan fingerprint density at radius 3 is 1.92 bits per heavy atom. The fraction of sp³-hybridized carbons (Fsp3) is 1.00. The van der Waals surface area contributed by atoms with Crippen molar-refractivity contribution in [3.05, 3.63) is 0 Å². The molecule has 12 heavy (non-hydrogen) atoms. The summed E-state index contributed by atoms with van der Waals surface area (Å²) in [6.07, 6.45) is -2.42. The number of alkyl halides is 3. The Bertz CT molecular complexity index is 136. The predicted molar refractivity (Wildman–Crippen MR) is 38.8 cm³/mol. The van der Waals surface area contributed by atoms with Crippen molar-refractivity contribution in [2.45, 2.75) is 38.0 Å². The van der Waals surface area contributed by atoms with Gasteiger partial charge in [0.1, 0.15) is 0 Å². The number of hydrogen-bond donors (Lipinski definition) is 0. The first-order valence-corrected chi connectivity index (χ1v) is 4.13. The third-order valence-corrected chi connectivity index (χ3v) is 2.47. The molecular formula is C8H13F3O. The highest BCUT2D eigenvalue weighted by Gasteiger charge is 2.41. The molecule has 1 aliphatic carbocycles. The SMILES string of the molecule is CO[C@H]1CC[C@H](C(F)(F)F)CC1. The Labute approximate surface area is 69.9 Å². The number of halogens is 3. The summed E-state index contributed by atoms with van der Waals surface area (Å²) in [7, 11) is 1.55. The van der Waals surface area contributed by atoms with Gasteiger partial charge in [-0.1, -0.05) is 0 Å². The molecule has 0 amide bonds. The van der Waals surface area contributed by atoms with E-state index in [4.69, 9.17) is 4.74 Å². The van der Waals surface area contributed by atoms with Crippen LogP contribution in [-0.2, 0) is 4.74 Å². The van der Waals surface area contributed by atoms with E-state index >= 15 is 0 Å². The summed E-state index contributed by atoms with van der Waals surface area (Å²) < 4.78 is 41.4. The van der Waals surface area contributed by atoms with Gasteiger partial charge in [0.05, 0.1) is 12.0 Å². The molecule has 4 heteroatoms. The first-order chi connectivity index (χ1) is 5.54.